The summed E-state index contributed by atoms with van der Waals surface area (Å²) in [7, 11) is 0. The van der Waals surface area contributed by atoms with Crippen LogP contribution in [0.4, 0.5) is 0 Å². The smallest absolute Gasteiger partial charge is 0.235 e. The summed E-state index contributed by atoms with van der Waals surface area (Å²) >= 11 is 3.27. The van der Waals surface area contributed by atoms with Gasteiger partial charge in [0, 0.05) is 16.1 Å². The Bertz CT molecular complexity index is 463. The molecule has 0 atom stereocenters. The third-order valence-electron chi connectivity index (χ3n) is 1.66. The molecular weight excluding hydrogens is 274 g/mol. The minimum absolute atomic E-state index is 0.126. The number of hydrogen-bond acceptors (Lipinski definition) is 3. The Morgan fingerprint density at radius 3 is 3.00 bits per heavy atom. The van der Waals surface area contributed by atoms with E-state index >= 15 is 0 Å². The Kier molecular flexibility index (Phi) is 4.55. The van der Waals surface area contributed by atoms with Gasteiger partial charge in [-0.3, -0.25) is 10.1 Å². The Morgan fingerprint density at radius 1 is 1.62 bits per heavy atom. The molecule has 0 amide bonds. The van der Waals surface area contributed by atoms with Gasteiger partial charge in [0.15, 0.2) is 0 Å². The van der Waals surface area contributed by atoms with Crippen LogP contribution in [-0.2, 0) is 0 Å². The maximum absolute atomic E-state index is 10.2. The van der Waals surface area contributed by atoms with Crippen LogP contribution in [0.15, 0.2) is 28.9 Å². The molecule has 1 aromatic rings. The zero-order valence-corrected chi connectivity index (χ0v) is 9.81. The molecule has 0 heterocycles. The second-order valence-electron chi connectivity index (χ2n) is 2.78. The van der Waals surface area contributed by atoms with Gasteiger partial charge in [0.1, 0.15) is 12.4 Å². The fraction of sp³-hybridized carbons (Fsp3) is 0.0909. The first-order valence-electron chi connectivity index (χ1n) is 4.31. The molecule has 0 aliphatic rings. The fourth-order valence-electron chi connectivity index (χ4n) is 1.04. The van der Waals surface area contributed by atoms with Gasteiger partial charge in [0.2, 0.25) is 6.20 Å². The summed E-state index contributed by atoms with van der Waals surface area (Å²) in [5, 5.41) is 10.2. The zero-order chi connectivity index (χ0) is 12.0. The molecule has 82 valence electrons. The summed E-state index contributed by atoms with van der Waals surface area (Å²) < 4.78 is 6.05. The van der Waals surface area contributed by atoms with Crippen LogP contribution in [0.1, 0.15) is 5.56 Å². The molecule has 0 aliphatic carbocycles. The number of benzene rings is 1. The summed E-state index contributed by atoms with van der Waals surface area (Å²) in [5.74, 6) is 2.84. The molecule has 1 aromatic carbocycles. The quantitative estimate of drug-likeness (QED) is 0.484. The fourth-order valence-corrected chi connectivity index (χ4v) is 1.42. The first-order valence-corrected chi connectivity index (χ1v) is 5.10. The summed E-state index contributed by atoms with van der Waals surface area (Å²) in [4.78, 5) is 9.68. The zero-order valence-electron chi connectivity index (χ0n) is 8.22. The summed E-state index contributed by atoms with van der Waals surface area (Å²) in [6.45, 7) is 0.126. The largest absolute Gasteiger partial charge is 0.480 e. The summed E-state index contributed by atoms with van der Waals surface area (Å²) in [6, 6.07) is 5.18. The van der Waals surface area contributed by atoms with E-state index in [4.69, 9.17) is 11.2 Å². The lowest BCUT2D eigenvalue weighted by atomic mass is 10.2. The van der Waals surface area contributed by atoms with Crippen molar-refractivity contribution >= 4 is 22.0 Å². The third-order valence-corrected chi connectivity index (χ3v) is 2.15. The number of terminal acetylenes is 1. The molecule has 0 N–H and O–H groups in total. The van der Waals surface area contributed by atoms with Crippen molar-refractivity contribution in [1.82, 2.24) is 0 Å². The van der Waals surface area contributed by atoms with E-state index in [1.165, 1.54) is 6.08 Å². The van der Waals surface area contributed by atoms with Crippen LogP contribution < -0.4 is 4.74 Å². The van der Waals surface area contributed by atoms with E-state index in [0.29, 0.717) is 11.3 Å². The van der Waals surface area contributed by atoms with E-state index in [0.717, 1.165) is 10.7 Å². The molecule has 5 heteroatoms. The van der Waals surface area contributed by atoms with Crippen molar-refractivity contribution in [3.05, 3.63) is 44.5 Å². The molecular formula is C11H8BrNO3. The van der Waals surface area contributed by atoms with Crippen LogP contribution in [0.2, 0.25) is 0 Å². The van der Waals surface area contributed by atoms with Gasteiger partial charge in [-0.1, -0.05) is 21.9 Å². The number of rotatable bonds is 4. The predicted octanol–water partition coefficient (Wildman–Crippen LogP) is 2.71. The second kappa shape index (κ2) is 5.93. The molecule has 0 saturated heterocycles. The van der Waals surface area contributed by atoms with Gasteiger partial charge in [0.25, 0.3) is 0 Å². The molecule has 0 radical (unpaired) electrons. The average Bonchev–Trinajstić information content (AvgIpc) is 2.25. The van der Waals surface area contributed by atoms with E-state index < -0.39 is 4.92 Å². The van der Waals surface area contributed by atoms with Crippen LogP contribution in [0.5, 0.6) is 5.75 Å². The van der Waals surface area contributed by atoms with Crippen molar-refractivity contribution in [1.29, 1.82) is 0 Å². The maximum Gasteiger partial charge on any atom is 0.235 e. The Balaban J connectivity index is 2.99. The minimum Gasteiger partial charge on any atom is -0.480 e. The van der Waals surface area contributed by atoms with Crippen molar-refractivity contribution in [3.8, 4) is 18.1 Å². The van der Waals surface area contributed by atoms with Crippen LogP contribution in [0, 0.1) is 22.5 Å². The summed E-state index contributed by atoms with van der Waals surface area (Å²) in [6.07, 6.45) is 7.28. The van der Waals surface area contributed by atoms with Crippen molar-refractivity contribution in [3.63, 3.8) is 0 Å². The van der Waals surface area contributed by atoms with Crippen molar-refractivity contribution in [2.45, 2.75) is 0 Å². The number of nitrogens with zero attached hydrogens (tertiary/aromatic N) is 1. The van der Waals surface area contributed by atoms with E-state index in [1.54, 1.807) is 18.2 Å². The van der Waals surface area contributed by atoms with E-state index in [2.05, 4.69) is 21.9 Å². The molecule has 0 unspecified atom stereocenters. The number of hydrogen-bond donors (Lipinski definition) is 0. The second-order valence-corrected chi connectivity index (χ2v) is 3.69. The predicted molar refractivity (Wildman–Crippen MR) is 64.5 cm³/mol. The number of halogens is 1. The SMILES string of the molecule is C#CCOc1ccc(Br)cc1/C=C/[N+](=O)[O-]. The van der Waals surface area contributed by atoms with Crippen molar-refractivity contribution < 1.29 is 9.66 Å². The highest BCUT2D eigenvalue weighted by molar-refractivity contribution is 9.10. The minimum atomic E-state index is -0.536. The van der Waals surface area contributed by atoms with Crippen molar-refractivity contribution in [2.24, 2.45) is 0 Å². The maximum atomic E-state index is 10.2. The first-order chi connectivity index (χ1) is 7.63. The Morgan fingerprint density at radius 2 is 2.38 bits per heavy atom. The Hall–Kier alpha value is -1.80. The van der Waals surface area contributed by atoms with E-state index in [1.807, 2.05) is 0 Å². The van der Waals surface area contributed by atoms with Gasteiger partial charge < -0.3 is 4.74 Å². The standard InChI is InChI=1S/C11H8BrNO3/c1-2-7-16-11-4-3-10(12)8-9(11)5-6-13(14)15/h1,3-6,8H,7H2/b6-5+. The van der Waals surface area contributed by atoms with Crippen LogP contribution in [0.3, 0.4) is 0 Å². The monoisotopic (exact) mass is 281 g/mol. The highest BCUT2D eigenvalue weighted by Crippen LogP contribution is 2.24. The van der Waals surface area contributed by atoms with Crippen LogP contribution in [-0.4, -0.2) is 11.5 Å². The Labute approximate surface area is 101 Å². The van der Waals surface area contributed by atoms with Gasteiger partial charge in [-0.2, -0.15) is 0 Å². The topological polar surface area (TPSA) is 52.4 Å². The van der Waals surface area contributed by atoms with Gasteiger partial charge in [-0.05, 0) is 18.2 Å². The van der Waals surface area contributed by atoms with Gasteiger partial charge in [0.05, 0.1) is 4.92 Å². The molecule has 0 fully saturated rings. The third kappa shape index (κ3) is 3.75. The molecule has 0 aromatic heterocycles. The van der Waals surface area contributed by atoms with Gasteiger partial charge in [-0.15, -0.1) is 6.42 Å². The molecule has 0 saturated carbocycles. The van der Waals surface area contributed by atoms with Gasteiger partial charge in [-0.25, -0.2) is 0 Å². The van der Waals surface area contributed by atoms with Crippen LogP contribution in [0.25, 0.3) is 6.08 Å². The normalized spacial score (nSPS) is 10.0. The highest BCUT2D eigenvalue weighted by Gasteiger charge is 2.02. The molecule has 16 heavy (non-hydrogen) atoms. The molecule has 0 spiro atoms. The molecule has 0 bridgehead atoms. The molecule has 1 rings (SSSR count). The average molecular weight is 282 g/mol. The molecule has 4 nitrogen and oxygen atoms in total. The highest BCUT2D eigenvalue weighted by atomic mass is 79.9. The van der Waals surface area contributed by atoms with Gasteiger partial charge >= 0.3 is 0 Å². The molecule has 0 aliphatic heterocycles. The summed E-state index contributed by atoms with van der Waals surface area (Å²) in [5.41, 5.74) is 0.598. The lowest BCUT2D eigenvalue weighted by molar-refractivity contribution is -0.400. The first kappa shape index (κ1) is 12.3. The van der Waals surface area contributed by atoms with Crippen LogP contribution >= 0.6 is 15.9 Å². The van der Waals surface area contributed by atoms with Crippen molar-refractivity contribution in [2.75, 3.05) is 6.61 Å². The number of nitro groups is 1. The van der Waals surface area contributed by atoms with E-state index in [-0.39, 0.29) is 6.61 Å². The number of ether oxygens (including phenoxy) is 1. The lowest BCUT2D eigenvalue weighted by Gasteiger charge is -2.06. The van der Waals surface area contributed by atoms with E-state index in [9.17, 15) is 10.1 Å². The lowest BCUT2D eigenvalue weighted by Crippen LogP contribution is -1.95.